The summed E-state index contributed by atoms with van der Waals surface area (Å²) in [5, 5.41) is 44.0. The van der Waals surface area contributed by atoms with Crippen molar-refractivity contribution in [3.63, 3.8) is 0 Å². The Morgan fingerprint density at radius 1 is 1.02 bits per heavy atom. The molecule has 41 heavy (non-hydrogen) atoms. The van der Waals surface area contributed by atoms with Crippen molar-refractivity contribution in [1.82, 2.24) is 19.5 Å². The number of aliphatic hydroxyl groups is 2. The van der Waals surface area contributed by atoms with Gasteiger partial charge in [-0.3, -0.25) is 13.9 Å². The van der Waals surface area contributed by atoms with Crippen LogP contribution < -0.4 is 5.73 Å². The van der Waals surface area contributed by atoms with Gasteiger partial charge in [-0.1, -0.05) is 32.6 Å². The van der Waals surface area contributed by atoms with Gasteiger partial charge in [0.05, 0.1) is 12.9 Å². The van der Waals surface area contributed by atoms with Crippen LogP contribution in [0.1, 0.15) is 51.7 Å². The number of imidazole rings is 1. The molecule has 0 radical (unpaired) electrons. The summed E-state index contributed by atoms with van der Waals surface area (Å²) in [6.45, 7) is 1.56. The summed E-state index contributed by atoms with van der Waals surface area (Å²) in [4.78, 5) is 58.3. The lowest BCUT2D eigenvalue weighted by atomic mass is 10.1. The normalized spacial score (nSPS) is 20.2. The van der Waals surface area contributed by atoms with Crippen LogP contribution in [0.3, 0.4) is 0 Å². The number of hydrogen-bond acceptors (Lipinski definition) is 12. The van der Waals surface area contributed by atoms with E-state index in [4.69, 9.17) is 35.6 Å². The highest BCUT2D eigenvalue weighted by Gasteiger charge is 2.45. The molecule has 0 aromatic carbocycles. The highest BCUT2D eigenvalue weighted by Crippen LogP contribution is 2.38. The number of hydrogen-bond donors (Lipinski definition) is 8. The number of ether oxygens (including phenoxy) is 1. The molecular weight excluding hydrogens is 573 g/mol. The number of nitrogens with two attached hydrogens (primary N) is 1. The number of carboxylic acids is 3. The second-order valence-corrected chi connectivity index (χ2v) is 9.72. The number of nitrogen functional groups attached to an aromatic ring is 1. The molecule has 0 aliphatic carbocycles. The van der Waals surface area contributed by atoms with Crippen molar-refractivity contribution in [3.05, 3.63) is 24.8 Å². The van der Waals surface area contributed by atoms with E-state index in [1.165, 1.54) is 36.5 Å². The van der Waals surface area contributed by atoms with Crippen LogP contribution in [0, 0.1) is 0 Å². The molecule has 1 fully saturated rings. The Hall–Kier alpha value is -3.51. The van der Waals surface area contributed by atoms with Gasteiger partial charge < -0.3 is 45.8 Å². The van der Waals surface area contributed by atoms with E-state index in [9.17, 15) is 29.2 Å². The quantitative estimate of drug-likeness (QED) is 0.0912. The van der Waals surface area contributed by atoms with Crippen molar-refractivity contribution >= 4 is 42.7 Å². The van der Waals surface area contributed by atoms with Crippen molar-refractivity contribution in [2.45, 2.75) is 70.0 Å². The fraction of sp³-hybridized carbons (Fsp3) is 0.545. The second-order valence-electron chi connectivity index (χ2n) is 8.48. The summed E-state index contributed by atoms with van der Waals surface area (Å²) in [7, 11) is -4.72. The number of carbonyl (C=O) groups is 3. The zero-order valence-corrected chi connectivity index (χ0v) is 22.9. The molecular formula is C22H34N5O13P. The van der Waals surface area contributed by atoms with Gasteiger partial charge >= 0.3 is 25.7 Å². The number of rotatable bonds is 12. The highest BCUT2D eigenvalue weighted by molar-refractivity contribution is 7.46. The number of fused-ring (bicyclic) bond motifs is 1. The lowest BCUT2D eigenvalue weighted by Crippen LogP contribution is -2.33. The SMILES string of the molecule is CCCCCCCC(=O)O.Nc1ncnc2c1ncn2[C@@H]1O[C@H](COP(=O)(O)O)[C@@H](O)[C@H]1O.O=C(O)C=CC(=O)O. The minimum Gasteiger partial charge on any atom is -0.481 e. The van der Waals surface area contributed by atoms with Gasteiger partial charge in [0.2, 0.25) is 0 Å². The first-order valence-electron chi connectivity index (χ1n) is 12.2. The molecule has 2 aromatic heterocycles. The van der Waals surface area contributed by atoms with Crippen LogP contribution in [0.25, 0.3) is 11.2 Å². The molecule has 0 spiro atoms. The smallest absolute Gasteiger partial charge is 0.469 e. The average Bonchev–Trinajstić information content (AvgIpc) is 3.43. The van der Waals surface area contributed by atoms with E-state index in [1.54, 1.807) is 0 Å². The molecule has 1 aliphatic rings. The molecule has 18 nitrogen and oxygen atoms in total. The predicted octanol–water partition coefficient (Wildman–Crippen LogP) is 0.280. The lowest BCUT2D eigenvalue weighted by Gasteiger charge is -2.16. The monoisotopic (exact) mass is 607 g/mol. The van der Waals surface area contributed by atoms with E-state index >= 15 is 0 Å². The summed E-state index contributed by atoms with van der Waals surface area (Å²) >= 11 is 0. The minimum atomic E-state index is -4.72. The van der Waals surface area contributed by atoms with Crippen LogP contribution in [-0.2, 0) is 28.2 Å². The summed E-state index contributed by atoms with van der Waals surface area (Å²) in [6.07, 6.45) is 4.51. The Kier molecular flexibility index (Phi) is 15.0. The standard InChI is InChI=1S/C10H14N5O7P.C8H16O2.C4H4O4/c11-8-5-9(13-2-12-8)15(3-14-5)10-7(17)6(16)4(22-10)1-21-23(18,19)20;1-2-3-4-5-6-7-8(9)10;5-3(6)1-2-4(7)8/h2-4,6-7,10,16-17H,1H2,(H2,11,12,13)(H2,18,19,20);2-7H2,1H3,(H,9,10);1-2H,(H,5,6)(H,7,8)/t4-,6-,7-,10-;;/m1../s1. The number of aromatic nitrogens is 4. The fourth-order valence-electron chi connectivity index (χ4n) is 3.35. The zero-order valence-electron chi connectivity index (χ0n) is 22.0. The largest absolute Gasteiger partial charge is 0.481 e. The van der Waals surface area contributed by atoms with Crippen molar-refractivity contribution in [3.8, 4) is 0 Å². The Morgan fingerprint density at radius 2 is 1.63 bits per heavy atom. The number of phosphoric ester groups is 1. The third-order valence-electron chi connectivity index (χ3n) is 5.27. The Bertz CT molecular complexity index is 1200. The summed E-state index contributed by atoms with van der Waals surface area (Å²) in [6, 6.07) is 0. The van der Waals surface area contributed by atoms with Crippen molar-refractivity contribution in [1.29, 1.82) is 0 Å². The maximum Gasteiger partial charge on any atom is 0.469 e. The topological polar surface area (TPSA) is 298 Å². The maximum atomic E-state index is 10.7. The second kappa shape index (κ2) is 17.3. The third kappa shape index (κ3) is 13.1. The van der Waals surface area contributed by atoms with Gasteiger partial charge in [-0.15, -0.1) is 0 Å². The Morgan fingerprint density at radius 3 is 2.17 bits per heavy atom. The molecule has 9 N–H and O–H groups in total. The van der Waals surface area contributed by atoms with Crippen molar-refractivity contribution in [2.24, 2.45) is 0 Å². The first-order chi connectivity index (χ1) is 19.2. The van der Waals surface area contributed by atoms with Crippen molar-refractivity contribution < 1.29 is 63.5 Å². The average molecular weight is 608 g/mol. The van der Waals surface area contributed by atoms with E-state index in [2.05, 4.69) is 26.4 Å². The summed E-state index contributed by atoms with van der Waals surface area (Å²) < 4.78 is 21.8. The summed E-state index contributed by atoms with van der Waals surface area (Å²) in [5.41, 5.74) is 6.25. The molecule has 19 heteroatoms. The molecule has 0 amide bonds. The number of carboxylic acid groups (broad SMARTS) is 3. The first kappa shape index (κ1) is 35.5. The van der Waals surface area contributed by atoms with Crippen LogP contribution >= 0.6 is 7.82 Å². The highest BCUT2D eigenvalue weighted by atomic mass is 31.2. The van der Waals surface area contributed by atoms with E-state index in [0.29, 0.717) is 24.1 Å². The van der Waals surface area contributed by atoms with Gasteiger partial charge in [-0.2, -0.15) is 0 Å². The van der Waals surface area contributed by atoms with Gasteiger partial charge in [0.1, 0.15) is 30.2 Å². The zero-order chi connectivity index (χ0) is 31.2. The molecule has 3 rings (SSSR count). The molecule has 0 bridgehead atoms. The lowest BCUT2D eigenvalue weighted by molar-refractivity contribution is -0.137. The molecule has 2 aromatic rings. The first-order valence-corrected chi connectivity index (χ1v) is 13.7. The maximum absolute atomic E-state index is 10.7. The number of phosphoric acid groups is 1. The van der Waals surface area contributed by atoms with Gasteiger partial charge in [0.25, 0.3) is 0 Å². The van der Waals surface area contributed by atoms with E-state index in [1.807, 2.05) is 0 Å². The molecule has 1 saturated heterocycles. The van der Waals surface area contributed by atoms with E-state index in [0.717, 1.165) is 12.8 Å². The van der Waals surface area contributed by atoms with E-state index in [-0.39, 0.29) is 11.5 Å². The fourth-order valence-corrected chi connectivity index (χ4v) is 3.69. The van der Waals surface area contributed by atoms with Crippen LogP contribution in [0.4, 0.5) is 5.82 Å². The van der Waals surface area contributed by atoms with Gasteiger partial charge in [0, 0.05) is 18.6 Å². The molecule has 0 unspecified atom stereocenters. The van der Waals surface area contributed by atoms with E-state index < -0.39 is 56.9 Å². The number of anilines is 1. The van der Waals surface area contributed by atoms with Crippen LogP contribution in [0.2, 0.25) is 0 Å². The molecule has 1 aliphatic heterocycles. The van der Waals surface area contributed by atoms with Gasteiger partial charge in [0.15, 0.2) is 17.7 Å². The summed E-state index contributed by atoms with van der Waals surface area (Å²) in [5.74, 6) is -3.04. The third-order valence-corrected chi connectivity index (χ3v) is 5.75. The van der Waals surface area contributed by atoms with Crippen LogP contribution in [0.15, 0.2) is 24.8 Å². The Labute approximate surface area is 233 Å². The number of unbranched alkanes of at least 4 members (excludes halogenated alkanes) is 4. The predicted molar refractivity (Wildman–Crippen MR) is 139 cm³/mol. The van der Waals surface area contributed by atoms with Gasteiger partial charge in [-0.05, 0) is 6.42 Å². The van der Waals surface area contributed by atoms with Crippen LogP contribution in [-0.4, -0.2) is 97.7 Å². The molecule has 0 saturated carbocycles. The minimum absolute atomic E-state index is 0.142. The number of aliphatic carboxylic acids is 3. The molecule has 4 atom stereocenters. The van der Waals surface area contributed by atoms with Crippen LogP contribution in [0.5, 0.6) is 0 Å². The number of aliphatic hydroxyl groups excluding tert-OH is 2. The Balaban J connectivity index is 0.000000388. The number of nitrogens with zero attached hydrogens (tertiary/aromatic N) is 4. The van der Waals surface area contributed by atoms with Crippen molar-refractivity contribution in [2.75, 3.05) is 12.3 Å². The molecule has 230 valence electrons. The van der Waals surface area contributed by atoms with Gasteiger partial charge in [-0.25, -0.2) is 29.1 Å². The molecule has 3 heterocycles.